The van der Waals surface area contributed by atoms with Gasteiger partial charge in [-0.1, -0.05) is 30.3 Å². The Hall–Kier alpha value is -2.14. The second-order valence-corrected chi connectivity index (χ2v) is 4.70. The Morgan fingerprint density at radius 3 is 2.62 bits per heavy atom. The summed E-state index contributed by atoms with van der Waals surface area (Å²) >= 11 is 0. The van der Waals surface area contributed by atoms with E-state index >= 15 is 0 Å². The van der Waals surface area contributed by atoms with Gasteiger partial charge in [-0.05, 0) is 13.8 Å². The van der Waals surface area contributed by atoms with Crippen molar-refractivity contribution in [3.8, 4) is 17.3 Å². The third-order valence-electron chi connectivity index (χ3n) is 2.82. The number of benzene rings is 1. The predicted octanol–water partition coefficient (Wildman–Crippen LogP) is 2.99. The first-order valence-corrected chi connectivity index (χ1v) is 7.07. The molecule has 0 radical (unpaired) electrons. The summed E-state index contributed by atoms with van der Waals surface area (Å²) in [5.41, 5.74) is 0.960. The summed E-state index contributed by atoms with van der Waals surface area (Å²) in [6, 6.07) is 11.7. The summed E-state index contributed by atoms with van der Waals surface area (Å²) < 4.78 is 10.9. The predicted molar refractivity (Wildman–Crippen MR) is 83.6 cm³/mol. The van der Waals surface area contributed by atoms with Crippen LogP contribution in [0, 0.1) is 0 Å². The minimum absolute atomic E-state index is 0.0667. The summed E-state index contributed by atoms with van der Waals surface area (Å²) in [5.74, 6) is 1.95. The van der Waals surface area contributed by atoms with E-state index in [4.69, 9.17) is 9.47 Å². The van der Waals surface area contributed by atoms with Crippen LogP contribution in [0.5, 0.6) is 5.88 Å². The summed E-state index contributed by atoms with van der Waals surface area (Å²) in [4.78, 5) is 8.99. The lowest BCUT2D eigenvalue weighted by atomic mass is 10.2. The minimum atomic E-state index is -0.0667. The molecule has 0 aliphatic rings. The molecule has 1 N–H and O–H groups in total. The number of hydrogen-bond donors (Lipinski definition) is 1. The Labute approximate surface area is 125 Å². The van der Waals surface area contributed by atoms with E-state index in [-0.39, 0.29) is 6.10 Å². The van der Waals surface area contributed by atoms with Gasteiger partial charge >= 0.3 is 0 Å². The molecule has 1 unspecified atom stereocenters. The fraction of sp³-hybridized carbons (Fsp3) is 0.375. The lowest BCUT2D eigenvalue weighted by Gasteiger charge is -2.14. The summed E-state index contributed by atoms with van der Waals surface area (Å²) in [6.07, 6.45) is -0.0667. The number of anilines is 1. The van der Waals surface area contributed by atoms with Crippen LogP contribution in [0.1, 0.15) is 13.8 Å². The zero-order chi connectivity index (χ0) is 15.1. The monoisotopic (exact) mass is 287 g/mol. The summed E-state index contributed by atoms with van der Waals surface area (Å²) in [7, 11) is 1.65. The van der Waals surface area contributed by atoms with Crippen LogP contribution in [0.2, 0.25) is 0 Å². The van der Waals surface area contributed by atoms with Crippen LogP contribution in [-0.4, -0.2) is 36.3 Å². The molecule has 0 aliphatic carbocycles. The molecule has 0 bridgehead atoms. The Balaban J connectivity index is 2.30. The van der Waals surface area contributed by atoms with Gasteiger partial charge in [0.05, 0.1) is 6.61 Å². The number of methoxy groups -OCH3 is 1. The molecule has 0 amide bonds. The van der Waals surface area contributed by atoms with E-state index in [0.29, 0.717) is 18.3 Å². The first kappa shape index (κ1) is 15.3. The molecule has 0 saturated heterocycles. The molecule has 5 nitrogen and oxygen atoms in total. The Kier molecular flexibility index (Phi) is 5.51. The average Bonchev–Trinajstić information content (AvgIpc) is 2.48. The number of rotatable bonds is 7. The van der Waals surface area contributed by atoms with Crippen molar-refractivity contribution >= 4 is 5.82 Å². The van der Waals surface area contributed by atoms with Crippen molar-refractivity contribution < 1.29 is 9.47 Å². The highest BCUT2D eigenvalue weighted by Gasteiger charge is 2.10. The molecule has 2 aromatic rings. The third-order valence-corrected chi connectivity index (χ3v) is 2.82. The highest BCUT2D eigenvalue weighted by Crippen LogP contribution is 2.22. The molecule has 1 atom stereocenters. The zero-order valence-corrected chi connectivity index (χ0v) is 12.7. The van der Waals surface area contributed by atoms with Gasteiger partial charge < -0.3 is 14.8 Å². The smallest absolute Gasteiger partial charge is 0.219 e. The van der Waals surface area contributed by atoms with Gasteiger partial charge in [0, 0.05) is 25.3 Å². The quantitative estimate of drug-likeness (QED) is 0.848. The minimum Gasteiger partial charge on any atom is -0.472 e. The van der Waals surface area contributed by atoms with Crippen LogP contribution >= 0.6 is 0 Å². The topological polar surface area (TPSA) is 56.3 Å². The van der Waals surface area contributed by atoms with Crippen LogP contribution in [0.3, 0.4) is 0 Å². The Morgan fingerprint density at radius 2 is 1.95 bits per heavy atom. The maximum atomic E-state index is 5.79. The second-order valence-electron chi connectivity index (χ2n) is 4.70. The molecule has 0 aliphatic heterocycles. The van der Waals surface area contributed by atoms with Gasteiger partial charge in [-0.15, -0.1) is 0 Å². The standard InChI is InChI=1S/C16H21N3O2/c1-4-17-14-10-15(21-12(2)11-20-3)19-16(18-14)13-8-6-5-7-9-13/h5-10,12H,4,11H2,1-3H3,(H,17,18,19). The van der Waals surface area contributed by atoms with E-state index < -0.39 is 0 Å². The Bertz CT molecular complexity index is 561. The molecule has 5 heteroatoms. The molecule has 2 rings (SSSR count). The van der Waals surface area contributed by atoms with Crippen molar-refractivity contribution in [3.63, 3.8) is 0 Å². The fourth-order valence-corrected chi connectivity index (χ4v) is 1.95. The summed E-state index contributed by atoms with van der Waals surface area (Å²) in [5, 5.41) is 3.20. The molecule has 1 aromatic carbocycles. The fourth-order valence-electron chi connectivity index (χ4n) is 1.95. The van der Waals surface area contributed by atoms with Crippen LogP contribution in [-0.2, 0) is 4.74 Å². The average molecular weight is 287 g/mol. The third kappa shape index (κ3) is 4.43. The van der Waals surface area contributed by atoms with Gasteiger partial charge in [0.1, 0.15) is 11.9 Å². The maximum Gasteiger partial charge on any atom is 0.219 e. The van der Waals surface area contributed by atoms with E-state index in [9.17, 15) is 0 Å². The highest BCUT2D eigenvalue weighted by molar-refractivity contribution is 5.58. The Morgan fingerprint density at radius 1 is 1.19 bits per heavy atom. The van der Waals surface area contributed by atoms with Gasteiger partial charge in [-0.2, -0.15) is 4.98 Å². The molecule has 0 fully saturated rings. The van der Waals surface area contributed by atoms with Crippen molar-refractivity contribution in [1.82, 2.24) is 9.97 Å². The SMILES string of the molecule is CCNc1cc(OC(C)COC)nc(-c2ccccc2)n1. The van der Waals surface area contributed by atoms with Gasteiger partial charge in [0.25, 0.3) is 0 Å². The van der Waals surface area contributed by atoms with E-state index in [0.717, 1.165) is 17.9 Å². The van der Waals surface area contributed by atoms with Crippen molar-refractivity contribution in [2.45, 2.75) is 20.0 Å². The lowest BCUT2D eigenvalue weighted by Crippen LogP contribution is -2.19. The molecule has 0 saturated carbocycles. The van der Waals surface area contributed by atoms with E-state index in [2.05, 4.69) is 15.3 Å². The van der Waals surface area contributed by atoms with Gasteiger partial charge in [-0.3, -0.25) is 0 Å². The molecule has 21 heavy (non-hydrogen) atoms. The molecule has 1 aromatic heterocycles. The highest BCUT2D eigenvalue weighted by atomic mass is 16.5. The zero-order valence-electron chi connectivity index (χ0n) is 12.7. The molecule has 0 spiro atoms. The number of ether oxygens (including phenoxy) is 2. The van der Waals surface area contributed by atoms with Crippen LogP contribution in [0.25, 0.3) is 11.4 Å². The second kappa shape index (κ2) is 7.59. The van der Waals surface area contributed by atoms with Gasteiger partial charge in [0.2, 0.25) is 5.88 Å². The van der Waals surface area contributed by atoms with Crippen LogP contribution in [0.15, 0.2) is 36.4 Å². The van der Waals surface area contributed by atoms with Crippen molar-refractivity contribution in [1.29, 1.82) is 0 Å². The molecule has 112 valence electrons. The van der Waals surface area contributed by atoms with Gasteiger partial charge in [-0.25, -0.2) is 4.98 Å². The van der Waals surface area contributed by atoms with Crippen LogP contribution in [0.4, 0.5) is 5.82 Å². The summed E-state index contributed by atoms with van der Waals surface area (Å²) in [6.45, 7) is 5.28. The van der Waals surface area contributed by atoms with Crippen molar-refractivity contribution in [3.05, 3.63) is 36.4 Å². The lowest BCUT2D eigenvalue weighted by molar-refractivity contribution is 0.0890. The van der Waals surface area contributed by atoms with Crippen molar-refractivity contribution in [2.24, 2.45) is 0 Å². The molecular formula is C16H21N3O2. The molecule has 1 heterocycles. The number of hydrogen-bond acceptors (Lipinski definition) is 5. The maximum absolute atomic E-state index is 5.79. The number of nitrogens with zero attached hydrogens (tertiary/aromatic N) is 2. The van der Waals surface area contributed by atoms with E-state index in [1.54, 1.807) is 7.11 Å². The first-order valence-electron chi connectivity index (χ1n) is 7.07. The van der Waals surface area contributed by atoms with E-state index in [1.807, 2.05) is 50.2 Å². The van der Waals surface area contributed by atoms with Crippen LogP contribution < -0.4 is 10.1 Å². The normalized spacial score (nSPS) is 12.0. The van der Waals surface area contributed by atoms with Crippen molar-refractivity contribution in [2.75, 3.05) is 25.6 Å². The number of nitrogens with one attached hydrogen (secondary N) is 1. The molecular weight excluding hydrogens is 266 g/mol. The number of aromatic nitrogens is 2. The van der Waals surface area contributed by atoms with E-state index in [1.165, 1.54) is 0 Å². The first-order chi connectivity index (χ1) is 10.2. The largest absolute Gasteiger partial charge is 0.472 e. The van der Waals surface area contributed by atoms with Gasteiger partial charge in [0.15, 0.2) is 5.82 Å².